The molecule has 2 N–H and O–H groups in total. The Labute approximate surface area is 764 Å². The Morgan fingerprint density at radius 3 is 1.15 bits per heavy atom. The minimum atomic E-state index is -4.70. The molecule has 0 bridgehead atoms. The van der Waals surface area contributed by atoms with Crippen molar-refractivity contribution in [2.45, 2.75) is 53.1 Å². The SMILES string of the molecule is BrCC1CO1.C=C(C)C(=O)Oc1c(Br)c(Br)c(Br)c(Br)c1Br.C=CC(=O)OC(CCl)OP(=O)(O)O.C=CC(=O)OCC(Br)CBr.C=CCOc1c(Br)cc(Br)cc1Br.C=CCOc1c(Br)cc(C(C)(C)c2cc(Br)c(OCC=C)c(Br)c2)cc1Br.O=C(C=CC(=O)OCC(Br)CBr)OCC(Br)CBr. The second-order valence-electron chi connectivity index (χ2n) is 19.3. The van der Waals surface area contributed by atoms with E-state index in [0.717, 1.165) is 115 Å². The number of rotatable bonds is 31. The largest absolute Gasteiger partial charge is 0.487 e. The Bertz CT molecular complexity index is 3350. The fourth-order valence-corrected chi connectivity index (χ4v) is 16.2. The molecule has 0 amide bonds. The number of carbonyl (C=O) groups excluding carboxylic acids is 5. The lowest BCUT2D eigenvalue weighted by Gasteiger charge is -2.28. The number of phosphoric acid groups is 1. The molecule has 1 aliphatic rings. The van der Waals surface area contributed by atoms with Crippen molar-refractivity contribution in [2.24, 2.45) is 0 Å². The minimum Gasteiger partial charge on any atom is -0.487 e. The fraction of sp³-hybridized carbons (Fsp3) is 0.328. The summed E-state index contributed by atoms with van der Waals surface area (Å²) in [7, 11) is -4.70. The highest BCUT2D eigenvalue weighted by atomic mass is 79.9. The van der Waals surface area contributed by atoms with Gasteiger partial charge in [0.1, 0.15) is 56.9 Å². The van der Waals surface area contributed by atoms with Crippen LogP contribution >= 0.6 is 322 Å². The van der Waals surface area contributed by atoms with E-state index in [4.69, 9.17) is 59.3 Å². The number of ether oxygens (including phenoxy) is 9. The van der Waals surface area contributed by atoms with E-state index in [2.05, 4.69) is 390 Å². The van der Waals surface area contributed by atoms with Gasteiger partial charge in [-0.1, -0.05) is 199 Å². The van der Waals surface area contributed by atoms with Crippen LogP contribution in [0.4, 0.5) is 0 Å². The summed E-state index contributed by atoms with van der Waals surface area (Å²) < 4.78 is 70.0. The van der Waals surface area contributed by atoms with E-state index in [0.29, 0.717) is 63.5 Å². The molecule has 0 spiro atoms. The van der Waals surface area contributed by atoms with Gasteiger partial charge in [-0.25, -0.2) is 33.1 Å². The molecule has 1 fully saturated rings. The molecular weight excluding hydrogens is 2640 g/mol. The van der Waals surface area contributed by atoms with Crippen molar-refractivity contribution < 1.29 is 85.5 Å². The van der Waals surface area contributed by atoms with Crippen LogP contribution in [-0.4, -0.2) is 140 Å². The van der Waals surface area contributed by atoms with Gasteiger partial charge in [0.2, 0.25) is 6.29 Å². The Balaban J connectivity index is 0. The second kappa shape index (κ2) is 59.0. The predicted molar refractivity (Wildman–Crippen MR) is 477 cm³/mol. The van der Waals surface area contributed by atoms with Crippen molar-refractivity contribution in [3.05, 3.63) is 189 Å². The Hall–Kier alpha value is 1.29. The molecule has 39 heteroatoms. The van der Waals surface area contributed by atoms with E-state index in [1.807, 2.05) is 12.1 Å². The van der Waals surface area contributed by atoms with Crippen LogP contribution in [0.3, 0.4) is 0 Å². The Morgan fingerprint density at radius 1 is 0.563 bits per heavy atom. The number of halogens is 20. The first-order valence-corrected chi connectivity index (χ1v) is 46.9. The number of hydrogen-bond acceptors (Lipinski definition) is 16. The van der Waals surface area contributed by atoms with E-state index in [9.17, 15) is 28.5 Å². The van der Waals surface area contributed by atoms with Crippen LogP contribution in [0, 0.1) is 0 Å². The number of hydrogen-bond donors (Lipinski definition) is 2. The zero-order chi connectivity index (χ0) is 79.5. The maximum Gasteiger partial charge on any atom is 0.472 e. The van der Waals surface area contributed by atoms with E-state index in [-0.39, 0.29) is 45.0 Å². The predicted octanol–water partition coefficient (Wildman–Crippen LogP) is 24.7. The van der Waals surface area contributed by atoms with Crippen molar-refractivity contribution >= 4 is 352 Å². The smallest absolute Gasteiger partial charge is 0.472 e. The standard InChI is InChI=1S/C21H20Br4O2.C10H5Br5O2.C10H12Br4O4.C9H7Br3O.C6H8Br2O2.C5H8ClO6P.C3H5BrO/c1-5-7-26-19-15(22)9-13(10-16(19)23)21(3,4)14-11-17(24)20(18(25)12-14)27-8-6-2;1-3(2)10(16)17-9-7(14)5(12)4(11)6(13)8(9)15;11-3-7(13)5-17-9(15)1-2-10(16)18-6-8(14)4-12;1-2-3-13-9-7(11)4-6(10)5-8(9)12;1-2-6(9)10-4-5(8)3-7;1-2-4(7)11-5(3-6)12-13(8,9)10;4-1-3-2-5-3/h5-6,9-12H,1-2,7-8H2,3-4H3;1H2,2H3;1-2,7-8H,3-6H2;2,4-5H,1,3H2;2,5H,1,3-4H2;2,5H,1,3H2,(H2,8,9,10);3H,1-2H2. The van der Waals surface area contributed by atoms with E-state index >= 15 is 0 Å². The van der Waals surface area contributed by atoms with Crippen molar-refractivity contribution in [2.75, 3.05) is 73.4 Å². The molecule has 103 heavy (non-hydrogen) atoms. The Morgan fingerprint density at radius 2 is 0.883 bits per heavy atom. The average Bonchev–Trinajstić information content (AvgIpc) is 1.77. The summed E-state index contributed by atoms with van der Waals surface area (Å²) in [4.78, 5) is 71.8. The molecular formula is C64H65Br19ClO18P. The third kappa shape index (κ3) is 46.3. The lowest BCUT2D eigenvalue weighted by Crippen LogP contribution is -2.20. The summed E-state index contributed by atoms with van der Waals surface area (Å²) in [5.41, 5.74) is 2.37. The normalized spacial score (nSPS) is 12.9. The second-order valence-corrected chi connectivity index (χ2v) is 37.3. The molecule has 574 valence electrons. The molecule has 1 heterocycles. The van der Waals surface area contributed by atoms with Gasteiger partial charge in [0.05, 0.1) is 77.8 Å². The van der Waals surface area contributed by atoms with Gasteiger partial charge < -0.3 is 52.4 Å². The summed E-state index contributed by atoms with van der Waals surface area (Å²) in [5.74, 6) is -0.554. The topological polar surface area (TPSA) is 238 Å². The van der Waals surface area contributed by atoms with E-state index < -0.39 is 38.0 Å². The molecule has 0 saturated carbocycles. The van der Waals surface area contributed by atoms with Gasteiger partial charge >= 0.3 is 37.7 Å². The highest BCUT2D eigenvalue weighted by molar-refractivity contribution is 9.16. The summed E-state index contributed by atoms with van der Waals surface area (Å²) in [6.45, 7) is 30.0. The molecule has 4 aromatic carbocycles. The van der Waals surface area contributed by atoms with Gasteiger partial charge in [-0.15, -0.1) is 11.6 Å². The molecule has 0 radical (unpaired) electrons. The molecule has 0 aliphatic carbocycles. The van der Waals surface area contributed by atoms with E-state index in [1.54, 1.807) is 25.2 Å². The molecule has 1 aliphatic heterocycles. The van der Waals surface area contributed by atoms with Crippen molar-refractivity contribution in [1.82, 2.24) is 0 Å². The quantitative estimate of drug-likeness (QED) is 0.00407. The van der Waals surface area contributed by atoms with Crippen molar-refractivity contribution in [3.63, 3.8) is 0 Å². The van der Waals surface area contributed by atoms with Crippen LogP contribution in [0.1, 0.15) is 31.9 Å². The molecule has 0 aromatic heterocycles. The van der Waals surface area contributed by atoms with Gasteiger partial charge in [0.25, 0.3) is 0 Å². The van der Waals surface area contributed by atoms with Crippen LogP contribution in [0.5, 0.6) is 23.0 Å². The van der Waals surface area contributed by atoms with Crippen molar-refractivity contribution in [3.8, 4) is 23.0 Å². The lowest BCUT2D eigenvalue weighted by atomic mass is 9.78. The first-order chi connectivity index (χ1) is 48.1. The number of epoxide rings is 1. The first-order valence-electron chi connectivity index (χ1n) is 28.1. The monoisotopic (exact) mass is 2690 g/mol. The van der Waals surface area contributed by atoms with Crippen molar-refractivity contribution in [1.29, 1.82) is 0 Å². The van der Waals surface area contributed by atoms with Crippen LogP contribution in [-0.2, 0) is 62.2 Å². The van der Waals surface area contributed by atoms with Gasteiger partial charge in [0.15, 0.2) is 5.75 Å². The lowest BCUT2D eigenvalue weighted by molar-refractivity contribution is -0.156. The molecule has 18 nitrogen and oxygen atoms in total. The number of benzene rings is 4. The fourth-order valence-electron chi connectivity index (χ4n) is 5.74. The van der Waals surface area contributed by atoms with Crippen LogP contribution < -0.4 is 18.9 Å². The molecule has 5 rings (SSSR count). The van der Waals surface area contributed by atoms with Crippen LogP contribution in [0.15, 0.2) is 178 Å². The zero-order valence-electron chi connectivity index (χ0n) is 54.1. The third-order valence-corrected chi connectivity index (χ3v) is 29.0. The molecule has 5 unspecified atom stereocenters. The molecule has 5 atom stereocenters. The number of carbonyl (C=O) groups is 5. The summed E-state index contributed by atoms with van der Waals surface area (Å²) in [5, 5.41) is 3.11. The summed E-state index contributed by atoms with van der Waals surface area (Å²) in [6, 6.07) is 12.2. The summed E-state index contributed by atoms with van der Waals surface area (Å²) >= 11 is 69.6. The van der Waals surface area contributed by atoms with Gasteiger partial charge in [-0.2, -0.15) is 0 Å². The molecule has 1 saturated heterocycles. The van der Waals surface area contributed by atoms with Crippen LogP contribution in [0.2, 0.25) is 0 Å². The first kappa shape index (κ1) is 106. The summed E-state index contributed by atoms with van der Waals surface area (Å²) in [6.07, 6.45) is 8.30. The number of phosphoric ester groups is 1. The zero-order valence-corrected chi connectivity index (χ0v) is 85.8. The highest BCUT2D eigenvalue weighted by Gasteiger charge is 2.29. The number of alkyl halides is 8. The Kier molecular flexibility index (Phi) is 61.0. The highest BCUT2D eigenvalue weighted by Crippen LogP contribution is 2.49. The minimum absolute atomic E-state index is 0.0508. The average molecular weight is 2710 g/mol. The van der Waals surface area contributed by atoms with Crippen LogP contribution in [0.25, 0.3) is 0 Å². The maximum absolute atomic E-state index is 11.5. The van der Waals surface area contributed by atoms with Gasteiger partial charge in [-0.3, -0.25) is 0 Å². The van der Waals surface area contributed by atoms with E-state index in [1.165, 1.54) is 0 Å². The van der Waals surface area contributed by atoms with Gasteiger partial charge in [-0.05, 0) is 230 Å². The molecule has 4 aromatic rings. The van der Waals surface area contributed by atoms with Gasteiger partial charge in [0, 0.05) is 65.6 Å². The maximum atomic E-state index is 11.5. The number of esters is 5. The third-order valence-electron chi connectivity index (χ3n) is 10.8.